The van der Waals surface area contributed by atoms with Crippen LogP contribution in [0.2, 0.25) is 0 Å². The standard InChI is InChI=1S/C7H8N6O/c1-14-5-2-9-3-10-6(5)13-4-11-7(8)12-13/h2-4H,1H3,(H2,8,12). The summed E-state index contributed by atoms with van der Waals surface area (Å²) in [4.78, 5) is 11.6. The molecule has 0 amide bonds. The Hall–Kier alpha value is -2.18. The second-order valence-corrected chi connectivity index (χ2v) is 2.46. The molecule has 2 heterocycles. The van der Waals surface area contributed by atoms with Gasteiger partial charge in [0.2, 0.25) is 11.8 Å². The van der Waals surface area contributed by atoms with E-state index in [0.717, 1.165) is 0 Å². The molecule has 0 unspecified atom stereocenters. The van der Waals surface area contributed by atoms with Crippen LogP contribution in [0.5, 0.6) is 5.75 Å². The zero-order valence-electron chi connectivity index (χ0n) is 7.45. The van der Waals surface area contributed by atoms with Gasteiger partial charge in [-0.2, -0.15) is 4.68 Å². The summed E-state index contributed by atoms with van der Waals surface area (Å²) >= 11 is 0. The van der Waals surface area contributed by atoms with Crippen LogP contribution < -0.4 is 10.5 Å². The van der Waals surface area contributed by atoms with Crippen LogP contribution in [0.4, 0.5) is 5.95 Å². The van der Waals surface area contributed by atoms with Crippen LogP contribution in [0.3, 0.4) is 0 Å². The largest absolute Gasteiger partial charge is 0.491 e. The molecule has 7 nitrogen and oxygen atoms in total. The van der Waals surface area contributed by atoms with Crippen molar-refractivity contribution in [3.05, 3.63) is 18.9 Å². The lowest BCUT2D eigenvalue weighted by molar-refractivity contribution is 0.407. The highest BCUT2D eigenvalue weighted by molar-refractivity contribution is 5.37. The minimum atomic E-state index is 0.186. The van der Waals surface area contributed by atoms with Crippen molar-refractivity contribution in [1.29, 1.82) is 0 Å². The number of ether oxygens (including phenoxy) is 1. The fraction of sp³-hybridized carbons (Fsp3) is 0.143. The number of aromatic nitrogens is 5. The van der Waals surface area contributed by atoms with Crippen LogP contribution in [0.15, 0.2) is 18.9 Å². The van der Waals surface area contributed by atoms with Crippen LogP contribution in [0.25, 0.3) is 5.82 Å². The van der Waals surface area contributed by atoms with Crippen molar-refractivity contribution < 1.29 is 4.74 Å². The molecule has 2 rings (SSSR count). The maximum atomic E-state index is 5.38. The van der Waals surface area contributed by atoms with Crippen molar-refractivity contribution in [2.45, 2.75) is 0 Å². The van der Waals surface area contributed by atoms with Gasteiger partial charge in [-0.1, -0.05) is 0 Å². The summed E-state index contributed by atoms with van der Waals surface area (Å²) in [7, 11) is 1.53. The predicted molar refractivity (Wildman–Crippen MR) is 47.9 cm³/mol. The number of anilines is 1. The molecule has 14 heavy (non-hydrogen) atoms. The zero-order chi connectivity index (χ0) is 9.97. The summed E-state index contributed by atoms with van der Waals surface area (Å²) in [5.41, 5.74) is 5.38. The lowest BCUT2D eigenvalue weighted by atomic mass is 10.5. The highest BCUT2D eigenvalue weighted by atomic mass is 16.5. The van der Waals surface area contributed by atoms with Gasteiger partial charge in [-0.3, -0.25) is 0 Å². The Morgan fingerprint density at radius 1 is 1.43 bits per heavy atom. The first-order chi connectivity index (χ1) is 6.81. The van der Waals surface area contributed by atoms with E-state index >= 15 is 0 Å². The molecule has 0 saturated heterocycles. The second-order valence-electron chi connectivity index (χ2n) is 2.46. The maximum absolute atomic E-state index is 5.38. The van der Waals surface area contributed by atoms with Crippen molar-refractivity contribution in [3.8, 4) is 11.6 Å². The van der Waals surface area contributed by atoms with Crippen LogP contribution in [-0.4, -0.2) is 31.8 Å². The molecule has 0 aliphatic rings. The van der Waals surface area contributed by atoms with E-state index in [-0.39, 0.29) is 5.95 Å². The minimum absolute atomic E-state index is 0.186. The van der Waals surface area contributed by atoms with E-state index in [1.807, 2.05) is 0 Å². The monoisotopic (exact) mass is 192 g/mol. The van der Waals surface area contributed by atoms with E-state index in [1.54, 1.807) is 6.20 Å². The van der Waals surface area contributed by atoms with Gasteiger partial charge in [-0.15, -0.1) is 5.10 Å². The van der Waals surface area contributed by atoms with Crippen molar-refractivity contribution >= 4 is 5.95 Å². The van der Waals surface area contributed by atoms with Gasteiger partial charge >= 0.3 is 0 Å². The lowest BCUT2D eigenvalue weighted by Gasteiger charge is -2.04. The average Bonchev–Trinajstić information content (AvgIpc) is 2.65. The summed E-state index contributed by atoms with van der Waals surface area (Å²) < 4.78 is 6.48. The van der Waals surface area contributed by atoms with Gasteiger partial charge in [-0.05, 0) is 0 Å². The molecule has 72 valence electrons. The van der Waals surface area contributed by atoms with Gasteiger partial charge < -0.3 is 10.5 Å². The molecule has 7 heteroatoms. The van der Waals surface area contributed by atoms with Gasteiger partial charge in [0.05, 0.1) is 13.3 Å². The third-order valence-corrected chi connectivity index (χ3v) is 1.61. The Morgan fingerprint density at radius 2 is 2.29 bits per heavy atom. The van der Waals surface area contributed by atoms with E-state index < -0.39 is 0 Å². The van der Waals surface area contributed by atoms with Gasteiger partial charge in [-0.25, -0.2) is 15.0 Å². The molecule has 2 aromatic rings. The topological polar surface area (TPSA) is 91.7 Å². The molecule has 0 aromatic carbocycles. The van der Waals surface area contributed by atoms with Crippen LogP contribution in [-0.2, 0) is 0 Å². The second kappa shape index (κ2) is 3.29. The van der Waals surface area contributed by atoms with E-state index in [9.17, 15) is 0 Å². The Kier molecular flexibility index (Phi) is 1.98. The first-order valence-corrected chi connectivity index (χ1v) is 3.83. The average molecular weight is 192 g/mol. The number of nitrogens with zero attached hydrogens (tertiary/aromatic N) is 5. The molecule has 0 spiro atoms. The number of hydrogen-bond acceptors (Lipinski definition) is 6. The minimum Gasteiger partial charge on any atom is -0.491 e. The summed E-state index contributed by atoms with van der Waals surface area (Å²) in [6.07, 6.45) is 4.40. The van der Waals surface area contributed by atoms with E-state index in [1.165, 1.54) is 24.4 Å². The molecule has 2 aromatic heterocycles. The molecular weight excluding hydrogens is 184 g/mol. The lowest BCUT2D eigenvalue weighted by Crippen LogP contribution is -2.02. The molecule has 0 atom stereocenters. The van der Waals surface area contributed by atoms with Gasteiger partial charge in [0, 0.05) is 0 Å². The highest BCUT2D eigenvalue weighted by Crippen LogP contribution is 2.16. The maximum Gasteiger partial charge on any atom is 0.239 e. The smallest absolute Gasteiger partial charge is 0.239 e. The number of hydrogen-bond donors (Lipinski definition) is 1. The number of methoxy groups -OCH3 is 1. The molecule has 0 bridgehead atoms. The predicted octanol–water partition coefficient (Wildman–Crippen LogP) is -0.352. The third kappa shape index (κ3) is 1.35. The number of rotatable bonds is 2. The number of nitrogen functional groups attached to an aromatic ring is 1. The van der Waals surface area contributed by atoms with Crippen LogP contribution in [0.1, 0.15) is 0 Å². The fourth-order valence-corrected chi connectivity index (χ4v) is 1.00. The van der Waals surface area contributed by atoms with Crippen molar-refractivity contribution in [3.63, 3.8) is 0 Å². The number of nitrogens with two attached hydrogens (primary N) is 1. The van der Waals surface area contributed by atoms with Crippen LogP contribution >= 0.6 is 0 Å². The molecule has 2 N–H and O–H groups in total. The molecule has 0 aliphatic heterocycles. The van der Waals surface area contributed by atoms with E-state index in [0.29, 0.717) is 11.6 Å². The quantitative estimate of drug-likeness (QED) is 0.699. The Morgan fingerprint density at radius 3 is 2.93 bits per heavy atom. The van der Waals surface area contributed by atoms with Gasteiger partial charge in [0.15, 0.2) is 5.75 Å². The van der Waals surface area contributed by atoms with Crippen molar-refractivity contribution in [2.75, 3.05) is 12.8 Å². The Labute approximate surface area is 79.6 Å². The van der Waals surface area contributed by atoms with E-state index in [2.05, 4.69) is 20.1 Å². The first-order valence-electron chi connectivity index (χ1n) is 3.83. The molecule has 0 aliphatic carbocycles. The van der Waals surface area contributed by atoms with Crippen LogP contribution in [0, 0.1) is 0 Å². The van der Waals surface area contributed by atoms with Crippen molar-refractivity contribution in [2.24, 2.45) is 0 Å². The summed E-state index contributed by atoms with van der Waals surface area (Å²) in [5, 5.41) is 3.90. The van der Waals surface area contributed by atoms with E-state index in [4.69, 9.17) is 10.5 Å². The van der Waals surface area contributed by atoms with Gasteiger partial charge in [0.1, 0.15) is 12.7 Å². The zero-order valence-corrected chi connectivity index (χ0v) is 7.45. The summed E-state index contributed by atoms with van der Waals surface area (Å²) in [6.45, 7) is 0. The third-order valence-electron chi connectivity index (χ3n) is 1.61. The normalized spacial score (nSPS) is 10.1. The molecular formula is C7H8N6O. The highest BCUT2D eigenvalue weighted by Gasteiger charge is 2.07. The van der Waals surface area contributed by atoms with Crippen molar-refractivity contribution in [1.82, 2.24) is 24.7 Å². The Bertz CT molecular complexity index is 439. The summed E-state index contributed by atoms with van der Waals surface area (Å²) in [6, 6.07) is 0. The first kappa shape index (κ1) is 8.42. The Balaban J connectivity index is 2.50. The van der Waals surface area contributed by atoms with Gasteiger partial charge in [0.25, 0.3) is 0 Å². The SMILES string of the molecule is COc1cncnc1-n1cnc(N)n1. The molecule has 0 radical (unpaired) electrons. The fourth-order valence-electron chi connectivity index (χ4n) is 1.00. The molecule has 0 saturated carbocycles. The summed E-state index contributed by atoms with van der Waals surface area (Å²) in [5.74, 6) is 1.20. The molecule has 0 fully saturated rings.